The van der Waals surface area contributed by atoms with Crippen molar-refractivity contribution >= 4 is 10.0 Å². The van der Waals surface area contributed by atoms with E-state index < -0.39 is 10.0 Å². The Morgan fingerprint density at radius 3 is 2.81 bits per heavy atom. The van der Waals surface area contributed by atoms with Gasteiger partial charge in [0.2, 0.25) is 15.9 Å². The van der Waals surface area contributed by atoms with Gasteiger partial charge in [0, 0.05) is 19.0 Å². The lowest BCUT2D eigenvalue weighted by Gasteiger charge is -2.30. The van der Waals surface area contributed by atoms with Gasteiger partial charge in [-0.1, -0.05) is 12.1 Å². The summed E-state index contributed by atoms with van der Waals surface area (Å²) in [5.41, 5.74) is 0. The molecule has 2 saturated heterocycles. The lowest BCUT2D eigenvalue weighted by molar-refractivity contribution is 0.00994. The van der Waals surface area contributed by atoms with Gasteiger partial charge < -0.3 is 9.26 Å². The first-order valence-electron chi connectivity index (χ1n) is 7.37. The fraction of sp³-hybridized carbons (Fsp3) is 0.846. The maximum absolute atomic E-state index is 12.3. The van der Waals surface area contributed by atoms with Crippen LogP contribution in [0.15, 0.2) is 4.52 Å². The zero-order chi connectivity index (χ0) is 15.0. The molecule has 7 nitrogen and oxygen atoms in total. The maximum Gasteiger partial charge on any atom is 0.232 e. The lowest BCUT2D eigenvalue weighted by atomic mass is 9.83. The van der Waals surface area contributed by atoms with Crippen LogP contribution < -0.4 is 0 Å². The minimum Gasteiger partial charge on any atom is -0.380 e. The molecule has 2 fully saturated rings. The van der Waals surface area contributed by atoms with E-state index in [1.165, 1.54) is 0 Å². The topological polar surface area (TPSA) is 85.5 Å². The number of aryl methyl sites for hydroxylation is 1. The fourth-order valence-electron chi connectivity index (χ4n) is 3.29. The molecule has 0 N–H and O–H groups in total. The molecule has 1 aromatic rings. The SMILES string of the molecule is CCCS(=O)(=O)N1C[C@@H]2COC[C@H](c3nc(C)no3)[C@@H]2C1. The molecule has 3 atom stereocenters. The van der Waals surface area contributed by atoms with E-state index in [2.05, 4.69) is 10.1 Å². The minimum atomic E-state index is -3.16. The van der Waals surface area contributed by atoms with E-state index in [-0.39, 0.29) is 23.5 Å². The van der Waals surface area contributed by atoms with Crippen molar-refractivity contribution in [2.45, 2.75) is 26.2 Å². The molecule has 0 aliphatic carbocycles. The standard InChI is InChI=1S/C13H21N3O4S/c1-3-4-21(17,18)16-5-10-7-19-8-12(11(10)6-16)13-14-9(2)15-20-13/h10-12H,3-8H2,1-2H3/t10-,11-,12+/m1/s1. The van der Waals surface area contributed by atoms with Crippen LogP contribution in [-0.4, -0.2) is 54.9 Å². The normalized spacial score (nSPS) is 30.5. The first-order valence-corrected chi connectivity index (χ1v) is 8.98. The molecule has 1 aromatic heterocycles. The highest BCUT2D eigenvalue weighted by Gasteiger charge is 2.46. The van der Waals surface area contributed by atoms with Gasteiger partial charge in [-0.15, -0.1) is 0 Å². The molecule has 0 spiro atoms. The lowest BCUT2D eigenvalue weighted by Crippen LogP contribution is -2.33. The Bertz CT molecular complexity index is 600. The van der Waals surface area contributed by atoms with E-state index in [1.807, 2.05) is 6.92 Å². The van der Waals surface area contributed by atoms with Crippen LogP contribution >= 0.6 is 0 Å². The Hall–Kier alpha value is -0.990. The van der Waals surface area contributed by atoms with Crippen LogP contribution in [-0.2, 0) is 14.8 Å². The highest BCUT2D eigenvalue weighted by Crippen LogP contribution is 2.40. The van der Waals surface area contributed by atoms with Crippen LogP contribution in [0.3, 0.4) is 0 Å². The van der Waals surface area contributed by atoms with Crippen molar-refractivity contribution in [3.63, 3.8) is 0 Å². The van der Waals surface area contributed by atoms with E-state index in [0.717, 1.165) is 0 Å². The average Bonchev–Trinajstić information content (AvgIpc) is 3.04. The van der Waals surface area contributed by atoms with Gasteiger partial charge in [0.25, 0.3) is 0 Å². The third-order valence-corrected chi connectivity index (χ3v) is 6.33. The Morgan fingerprint density at radius 1 is 1.33 bits per heavy atom. The van der Waals surface area contributed by atoms with E-state index in [0.29, 0.717) is 44.4 Å². The van der Waals surface area contributed by atoms with Crippen molar-refractivity contribution in [2.24, 2.45) is 11.8 Å². The Labute approximate surface area is 124 Å². The van der Waals surface area contributed by atoms with Gasteiger partial charge in [-0.2, -0.15) is 4.98 Å². The Morgan fingerprint density at radius 2 is 2.14 bits per heavy atom. The molecule has 2 aliphatic heterocycles. The second-order valence-corrected chi connectivity index (χ2v) is 7.97. The first kappa shape index (κ1) is 14.9. The number of rotatable bonds is 4. The smallest absolute Gasteiger partial charge is 0.232 e. The fourth-order valence-corrected chi connectivity index (χ4v) is 4.88. The molecule has 0 bridgehead atoms. The molecule has 3 rings (SSSR count). The maximum atomic E-state index is 12.3. The van der Waals surface area contributed by atoms with Crippen molar-refractivity contribution in [1.82, 2.24) is 14.4 Å². The summed E-state index contributed by atoms with van der Waals surface area (Å²) in [6.45, 7) is 5.85. The summed E-state index contributed by atoms with van der Waals surface area (Å²) in [5, 5.41) is 3.83. The van der Waals surface area contributed by atoms with Gasteiger partial charge in [-0.25, -0.2) is 12.7 Å². The zero-order valence-corrected chi connectivity index (χ0v) is 13.2. The highest BCUT2D eigenvalue weighted by atomic mass is 32.2. The summed E-state index contributed by atoms with van der Waals surface area (Å²) < 4.78 is 37.0. The zero-order valence-electron chi connectivity index (χ0n) is 12.4. The molecular formula is C13H21N3O4S. The highest BCUT2D eigenvalue weighted by molar-refractivity contribution is 7.89. The number of hydrogen-bond acceptors (Lipinski definition) is 6. The molecule has 0 radical (unpaired) electrons. The summed E-state index contributed by atoms with van der Waals surface area (Å²) in [4.78, 5) is 4.29. The van der Waals surface area contributed by atoms with E-state index in [4.69, 9.17) is 9.26 Å². The van der Waals surface area contributed by atoms with Gasteiger partial charge in [0.15, 0.2) is 5.82 Å². The number of hydrogen-bond donors (Lipinski definition) is 0. The van der Waals surface area contributed by atoms with Crippen LogP contribution in [0.2, 0.25) is 0 Å². The van der Waals surface area contributed by atoms with E-state index in [1.54, 1.807) is 11.2 Å². The van der Waals surface area contributed by atoms with Crippen LogP contribution in [0.4, 0.5) is 0 Å². The second kappa shape index (κ2) is 5.66. The van der Waals surface area contributed by atoms with Crippen molar-refractivity contribution < 1.29 is 17.7 Å². The summed E-state index contributed by atoms with van der Waals surface area (Å²) in [6.07, 6.45) is 0.636. The molecule has 21 heavy (non-hydrogen) atoms. The first-order chi connectivity index (χ1) is 10.0. The molecule has 118 valence electrons. The van der Waals surface area contributed by atoms with Gasteiger partial charge in [0.05, 0.1) is 24.9 Å². The summed E-state index contributed by atoms with van der Waals surface area (Å²) in [7, 11) is -3.16. The van der Waals surface area contributed by atoms with E-state index >= 15 is 0 Å². The molecular weight excluding hydrogens is 294 g/mol. The minimum absolute atomic E-state index is 0.00761. The van der Waals surface area contributed by atoms with Crippen LogP contribution in [0, 0.1) is 18.8 Å². The van der Waals surface area contributed by atoms with Crippen LogP contribution in [0.5, 0.6) is 0 Å². The third-order valence-electron chi connectivity index (χ3n) is 4.32. The van der Waals surface area contributed by atoms with Gasteiger partial charge in [-0.05, 0) is 19.3 Å². The molecule has 0 amide bonds. The molecule has 0 saturated carbocycles. The average molecular weight is 315 g/mol. The van der Waals surface area contributed by atoms with Crippen molar-refractivity contribution in [2.75, 3.05) is 32.1 Å². The number of ether oxygens (including phenoxy) is 1. The predicted octanol–water partition coefficient (Wildman–Crippen LogP) is 0.780. The van der Waals surface area contributed by atoms with Crippen molar-refractivity contribution in [3.05, 3.63) is 11.7 Å². The number of nitrogens with zero attached hydrogens (tertiary/aromatic N) is 3. The summed E-state index contributed by atoms with van der Waals surface area (Å²) in [6, 6.07) is 0. The van der Waals surface area contributed by atoms with Crippen molar-refractivity contribution in [1.29, 1.82) is 0 Å². The Kier molecular flexibility index (Phi) is 4.02. The van der Waals surface area contributed by atoms with Gasteiger partial charge in [-0.3, -0.25) is 0 Å². The molecule has 3 heterocycles. The van der Waals surface area contributed by atoms with Gasteiger partial charge >= 0.3 is 0 Å². The summed E-state index contributed by atoms with van der Waals surface area (Å²) in [5.74, 6) is 1.77. The monoisotopic (exact) mass is 315 g/mol. The Balaban J connectivity index is 1.79. The number of fused-ring (bicyclic) bond motifs is 1. The number of sulfonamides is 1. The van der Waals surface area contributed by atoms with Gasteiger partial charge in [0.1, 0.15) is 0 Å². The predicted molar refractivity (Wildman–Crippen MR) is 75.2 cm³/mol. The quantitative estimate of drug-likeness (QED) is 0.816. The number of aromatic nitrogens is 2. The summed E-state index contributed by atoms with van der Waals surface area (Å²) >= 11 is 0. The van der Waals surface area contributed by atoms with E-state index in [9.17, 15) is 8.42 Å². The van der Waals surface area contributed by atoms with Crippen LogP contribution in [0.25, 0.3) is 0 Å². The van der Waals surface area contributed by atoms with Crippen LogP contribution in [0.1, 0.15) is 31.0 Å². The third kappa shape index (κ3) is 2.84. The molecule has 2 aliphatic rings. The molecule has 8 heteroatoms. The van der Waals surface area contributed by atoms with Crippen molar-refractivity contribution in [3.8, 4) is 0 Å². The second-order valence-electron chi connectivity index (χ2n) is 5.88. The largest absolute Gasteiger partial charge is 0.380 e. The molecule has 0 unspecified atom stereocenters. The molecule has 0 aromatic carbocycles.